The molecule has 0 amide bonds. The molecule has 8 rings (SSSR count). The van der Waals surface area contributed by atoms with E-state index in [-0.39, 0.29) is 16.9 Å². The molecule has 0 spiro atoms. The number of rotatable bonds is 5. The third-order valence-corrected chi connectivity index (χ3v) is 9.80. The van der Waals surface area contributed by atoms with E-state index in [1.807, 2.05) is 6.07 Å². The Hall–Kier alpha value is -4.00. The van der Waals surface area contributed by atoms with Crippen LogP contribution in [0, 0.1) is 18.2 Å². The highest BCUT2D eigenvalue weighted by Gasteiger charge is 2.45. The third-order valence-electron chi connectivity index (χ3n) is 9.80. The number of aromatic nitrogens is 3. The summed E-state index contributed by atoms with van der Waals surface area (Å²) in [5, 5.41) is 15.5. The highest BCUT2D eigenvalue weighted by atomic mass is 19.1. The summed E-state index contributed by atoms with van der Waals surface area (Å²) in [5.74, 6) is 2.87. The number of phenolic OH excluding ortho intramolecular Hbond substituents is 1. The molecule has 0 unspecified atom stereocenters. The Morgan fingerprint density at radius 1 is 1.10 bits per heavy atom. The minimum atomic E-state index is -0.480. The monoisotopic (exact) mass is 564 g/mol. The van der Waals surface area contributed by atoms with E-state index < -0.39 is 5.82 Å². The van der Waals surface area contributed by atoms with Crippen LogP contribution in [0.15, 0.2) is 36.5 Å². The number of nitrogens with zero attached hydrogens (tertiary/aromatic N) is 5. The Labute approximate surface area is 243 Å². The summed E-state index contributed by atoms with van der Waals surface area (Å²) in [6.45, 7) is 4.53. The van der Waals surface area contributed by atoms with Crippen molar-refractivity contribution in [1.29, 1.82) is 0 Å². The number of aromatic hydroxyl groups is 1. The van der Waals surface area contributed by atoms with Gasteiger partial charge in [0.2, 0.25) is 0 Å². The number of phenols is 1. The van der Waals surface area contributed by atoms with Crippen LogP contribution in [0.3, 0.4) is 0 Å². The lowest BCUT2D eigenvalue weighted by Gasteiger charge is -2.34. The maximum absolute atomic E-state index is 14.8. The summed E-state index contributed by atoms with van der Waals surface area (Å²) in [5.41, 5.74) is 2.84. The number of fused-ring (bicyclic) bond motifs is 5. The van der Waals surface area contributed by atoms with Gasteiger partial charge >= 0.3 is 6.01 Å². The number of pyridine rings is 1. The van der Waals surface area contributed by atoms with Crippen molar-refractivity contribution in [2.75, 3.05) is 37.7 Å². The molecule has 2 aromatic carbocycles. The van der Waals surface area contributed by atoms with Crippen LogP contribution in [-0.2, 0) is 0 Å². The number of ether oxygens (including phenoxy) is 1. The van der Waals surface area contributed by atoms with Crippen LogP contribution in [-0.4, -0.2) is 75.4 Å². The normalized spacial score (nSPS) is 23.0. The first kappa shape index (κ1) is 25.7. The van der Waals surface area contributed by atoms with Gasteiger partial charge in [0.05, 0.1) is 16.6 Å². The Balaban J connectivity index is 1.25. The number of benzene rings is 2. The van der Waals surface area contributed by atoms with Gasteiger partial charge in [0.25, 0.3) is 0 Å². The van der Waals surface area contributed by atoms with Gasteiger partial charge in [0, 0.05) is 42.3 Å². The molecular formula is C33H33FN6O2. The first-order valence-corrected chi connectivity index (χ1v) is 15.0. The molecule has 0 saturated carbocycles. The van der Waals surface area contributed by atoms with Gasteiger partial charge in [0.15, 0.2) is 5.82 Å². The van der Waals surface area contributed by atoms with E-state index in [0.717, 1.165) is 57.7 Å². The Bertz CT molecular complexity index is 1750. The second-order valence-corrected chi connectivity index (χ2v) is 12.3. The minimum absolute atomic E-state index is 0.0628. The van der Waals surface area contributed by atoms with Gasteiger partial charge in [-0.2, -0.15) is 9.97 Å². The number of nitrogens with one attached hydrogen (secondary N) is 1. The van der Waals surface area contributed by atoms with Gasteiger partial charge in [-0.3, -0.25) is 9.88 Å². The predicted molar refractivity (Wildman–Crippen MR) is 160 cm³/mol. The molecule has 2 aromatic heterocycles. The van der Waals surface area contributed by atoms with E-state index in [0.29, 0.717) is 57.6 Å². The summed E-state index contributed by atoms with van der Waals surface area (Å²) >= 11 is 0. The Morgan fingerprint density at radius 3 is 2.64 bits per heavy atom. The van der Waals surface area contributed by atoms with Crippen molar-refractivity contribution in [1.82, 2.24) is 25.2 Å². The number of terminal acetylenes is 1. The van der Waals surface area contributed by atoms with Gasteiger partial charge in [-0.1, -0.05) is 12.0 Å². The zero-order chi connectivity index (χ0) is 28.4. The topological polar surface area (TPSA) is 86.6 Å². The van der Waals surface area contributed by atoms with Crippen molar-refractivity contribution in [3.05, 3.63) is 47.9 Å². The fourth-order valence-corrected chi connectivity index (χ4v) is 7.84. The van der Waals surface area contributed by atoms with E-state index in [1.165, 1.54) is 18.9 Å². The van der Waals surface area contributed by atoms with Crippen LogP contribution < -0.4 is 15.0 Å². The van der Waals surface area contributed by atoms with Crippen LogP contribution in [0.1, 0.15) is 44.1 Å². The second kappa shape index (κ2) is 9.79. The lowest BCUT2D eigenvalue weighted by atomic mass is 9.94. The van der Waals surface area contributed by atoms with E-state index in [2.05, 4.69) is 21.0 Å². The van der Waals surface area contributed by atoms with E-state index in [1.54, 1.807) is 24.4 Å². The summed E-state index contributed by atoms with van der Waals surface area (Å²) in [6, 6.07) is 9.29. The first-order chi connectivity index (χ1) is 20.5. The summed E-state index contributed by atoms with van der Waals surface area (Å²) in [4.78, 5) is 19.6. The van der Waals surface area contributed by atoms with Crippen molar-refractivity contribution in [3.63, 3.8) is 0 Å². The van der Waals surface area contributed by atoms with Gasteiger partial charge < -0.3 is 20.1 Å². The lowest BCUT2D eigenvalue weighted by molar-refractivity contribution is 0.108. The smallest absolute Gasteiger partial charge is 0.319 e. The molecule has 4 saturated heterocycles. The maximum atomic E-state index is 14.8. The van der Waals surface area contributed by atoms with E-state index >= 15 is 0 Å². The summed E-state index contributed by atoms with van der Waals surface area (Å²) in [6.07, 6.45) is 14.5. The highest BCUT2D eigenvalue weighted by Crippen LogP contribution is 2.40. The first-order valence-electron chi connectivity index (χ1n) is 15.0. The molecule has 2 N–H and O–H groups in total. The molecule has 6 heterocycles. The van der Waals surface area contributed by atoms with Crippen molar-refractivity contribution < 1.29 is 14.2 Å². The van der Waals surface area contributed by atoms with E-state index in [4.69, 9.17) is 26.1 Å². The van der Waals surface area contributed by atoms with Crippen LogP contribution >= 0.6 is 0 Å². The van der Waals surface area contributed by atoms with Crippen molar-refractivity contribution >= 4 is 27.6 Å². The highest BCUT2D eigenvalue weighted by molar-refractivity contribution is 6.03. The molecular weight excluding hydrogens is 531 g/mol. The maximum Gasteiger partial charge on any atom is 0.319 e. The van der Waals surface area contributed by atoms with Gasteiger partial charge in [-0.15, -0.1) is 6.42 Å². The fraction of sp³-hybridized carbons (Fsp3) is 0.424. The molecule has 2 bridgehead atoms. The van der Waals surface area contributed by atoms with Crippen LogP contribution in [0.2, 0.25) is 0 Å². The quantitative estimate of drug-likeness (QED) is 0.340. The van der Waals surface area contributed by atoms with Gasteiger partial charge in [0.1, 0.15) is 23.7 Å². The molecule has 0 radical (unpaired) electrons. The number of hydrogen-bond donors (Lipinski definition) is 2. The molecule has 214 valence electrons. The average molecular weight is 565 g/mol. The molecule has 0 aliphatic carbocycles. The fourth-order valence-electron chi connectivity index (χ4n) is 7.84. The van der Waals surface area contributed by atoms with Gasteiger partial charge in [-0.05, 0) is 86.8 Å². The average Bonchev–Trinajstić information content (AvgIpc) is 3.68. The molecule has 2 atom stereocenters. The third kappa shape index (κ3) is 4.16. The van der Waals surface area contributed by atoms with Gasteiger partial charge in [-0.25, -0.2) is 4.39 Å². The molecule has 9 heteroatoms. The molecule has 4 fully saturated rings. The van der Waals surface area contributed by atoms with Crippen molar-refractivity contribution in [2.45, 2.75) is 56.1 Å². The van der Waals surface area contributed by atoms with Crippen LogP contribution in [0.25, 0.3) is 32.9 Å². The van der Waals surface area contributed by atoms with Crippen LogP contribution in [0.4, 0.5) is 10.2 Å². The van der Waals surface area contributed by atoms with Crippen molar-refractivity contribution in [3.8, 4) is 35.2 Å². The number of halogens is 1. The number of anilines is 1. The van der Waals surface area contributed by atoms with Crippen LogP contribution in [0.5, 0.6) is 11.8 Å². The largest absolute Gasteiger partial charge is 0.508 e. The van der Waals surface area contributed by atoms with Crippen molar-refractivity contribution in [2.24, 2.45) is 0 Å². The Morgan fingerprint density at radius 2 is 1.88 bits per heavy atom. The van der Waals surface area contributed by atoms with E-state index in [9.17, 15) is 9.50 Å². The minimum Gasteiger partial charge on any atom is -0.508 e. The number of hydrogen-bond acceptors (Lipinski definition) is 8. The lowest BCUT2D eigenvalue weighted by Crippen LogP contribution is -2.51. The molecule has 4 aromatic rings. The molecule has 8 nitrogen and oxygen atoms in total. The molecule has 4 aliphatic heterocycles. The number of piperazine rings is 1. The summed E-state index contributed by atoms with van der Waals surface area (Å²) in [7, 11) is 0. The Kier molecular flexibility index (Phi) is 5.99. The second-order valence-electron chi connectivity index (χ2n) is 12.3. The summed E-state index contributed by atoms with van der Waals surface area (Å²) < 4.78 is 21.2. The zero-order valence-electron chi connectivity index (χ0n) is 23.4. The standard InChI is InChI=1S/C33H33FN6O2/c1-2-25-27(34)8-5-20-13-24(41)15-26(29(20)25)21-14-28-30(35-16-21)31(39-17-22-6-7-23(18-39)36-22)38-32(37-28)42-19-33-9-3-11-40(33)12-4-10-33/h1,5,8,13-16,22-23,36,41H,3-4,6-7,9-12,17-19H2/t22-,23+. The molecule has 4 aliphatic rings. The SMILES string of the molecule is C#Cc1c(F)ccc2cc(O)cc(-c3cnc4c(N5C[C@H]6CC[C@@H](C5)N6)nc(OCC56CCCN5CCC6)nc4c3)c12. The predicted octanol–water partition coefficient (Wildman–Crippen LogP) is 4.62. The molecule has 42 heavy (non-hydrogen) atoms. The zero-order valence-corrected chi connectivity index (χ0v) is 23.4.